The molecule has 3 amide bonds. The Labute approximate surface area is 254 Å². The minimum absolute atomic E-state index is 0.118. The van der Waals surface area contributed by atoms with Crippen molar-refractivity contribution in [3.63, 3.8) is 0 Å². The molecule has 2 aromatic carbocycles. The molecule has 4 unspecified atom stereocenters. The fourth-order valence-electron chi connectivity index (χ4n) is 4.51. The zero-order valence-corrected chi connectivity index (χ0v) is 25.4. The van der Waals surface area contributed by atoms with Gasteiger partial charge in [0.25, 0.3) is 0 Å². The number of hydrogen-bond donors (Lipinski definition) is 6. The van der Waals surface area contributed by atoms with Crippen LogP contribution in [0.15, 0.2) is 60.8 Å². The summed E-state index contributed by atoms with van der Waals surface area (Å²) >= 11 is 3.00. The van der Waals surface area contributed by atoms with Crippen molar-refractivity contribution >= 4 is 58.1 Å². The number of carboxylic acid groups (broad SMARTS) is 1. The largest absolute Gasteiger partial charge is 0.480 e. The lowest BCUT2D eigenvalue weighted by Crippen LogP contribution is -2.58. The number of carbonyl (C=O) groups is 4. The van der Waals surface area contributed by atoms with Crippen LogP contribution in [0.1, 0.15) is 24.0 Å². The molecular weight excluding hydrogens is 574 g/mol. The third-order valence-corrected chi connectivity index (χ3v) is 8.12. The summed E-state index contributed by atoms with van der Waals surface area (Å²) in [5.41, 5.74) is 8.73. The second-order valence-corrected chi connectivity index (χ2v) is 11.9. The first-order valence-electron chi connectivity index (χ1n) is 13.7. The van der Waals surface area contributed by atoms with E-state index in [1.807, 2.05) is 67.1 Å². The van der Waals surface area contributed by atoms with Crippen molar-refractivity contribution in [1.29, 1.82) is 0 Å². The van der Waals surface area contributed by atoms with E-state index in [4.69, 9.17) is 5.73 Å². The molecule has 1 aromatic heterocycles. The Morgan fingerprint density at radius 2 is 1.36 bits per heavy atom. The molecule has 10 nitrogen and oxygen atoms in total. The maximum atomic E-state index is 13.6. The van der Waals surface area contributed by atoms with Crippen molar-refractivity contribution in [3.05, 3.63) is 71.9 Å². The number of benzene rings is 2. The van der Waals surface area contributed by atoms with Crippen molar-refractivity contribution in [2.75, 3.05) is 24.0 Å². The lowest BCUT2D eigenvalue weighted by atomic mass is 10.0. The van der Waals surface area contributed by atoms with Gasteiger partial charge in [-0.2, -0.15) is 23.5 Å². The first kappa shape index (κ1) is 33.0. The normalized spacial score (nSPS) is 14.0. The van der Waals surface area contributed by atoms with Crippen LogP contribution in [-0.2, 0) is 32.0 Å². The zero-order valence-electron chi connectivity index (χ0n) is 23.8. The molecule has 7 N–H and O–H groups in total. The zero-order chi connectivity index (χ0) is 30.5. The molecule has 0 radical (unpaired) electrons. The fourth-order valence-corrected chi connectivity index (χ4v) is 5.45. The summed E-state index contributed by atoms with van der Waals surface area (Å²) in [6, 6.07) is 13.0. The molecule has 0 saturated carbocycles. The van der Waals surface area contributed by atoms with Crippen molar-refractivity contribution in [3.8, 4) is 0 Å². The highest BCUT2D eigenvalue weighted by atomic mass is 32.2. The number of amides is 3. The number of hydrogen-bond acceptors (Lipinski definition) is 7. The van der Waals surface area contributed by atoms with Crippen LogP contribution >= 0.6 is 23.5 Å². The van der Waals surface area contributed by atoms with Gasteiger partial charge in [-0.25, -0.2) is 4.79 Å². The summed E-state index contributed by atoms with van der Waals surface area (Å²) in [6.45, 7) is 0. The van der Waals surface area contributed by atoms with E-state index in [1.165, 1.54) is 23.5 Å². The first-order chi connectivity index (χ1) is 20.2. The van der Waals surface area contributed by atoms with Gasteiger partial charge in [0, 0.05) is 23.5 Å². The highest BCUT2D eigenvalue weighted by Gasteiger charge is 2.31. The van der Waals surface area contributed by atoms with Gasteiger partial charge in [-0.1, -0.05) is 48.5 Å². The Hall–Kier alpha value is -3.48. The van der Waals surface area contributed by atoms with Crippen LogP contribution in [0.2, 0.25) is 0 Å². The van der Waals surface area contributed by atoms with E-state index in [1.54, 1.807) is 6.20 Å². The monoisotopic (exact) mass is 613 g/mol. The molecule has 3 aromatic rings. The number of para-hydroxylation sites is 1. The number of fused-ring (bicyclic) bond motifs is 1. The highest BCUT2D eigenvalue weighted by Crippen LogP contribution is 2.19. The van der Waals surface area contributed by atoms with Crippen molar-refractivity contribution in [2.45, 2.75) is 49.9 Å². The fraction of sp³-hybridized carbons (Fsp3) is 0.400. The van der Waals surface area contributed by atoms with Gasteiger partial charge in [-0.3, -0.25) is 14.4 Å². The Balaban J connectivity index is 1.80. The summed E-state index contributed by atoms with van der Waals surface area (Å²) in [5, 5.41) is 18.7. The van der Waals surface area contributed by atoms with E-state index in [0.717, 1.165) is 22.0 Å². The molecule has 1 heterocycles. The predicted molar refractivity (Wildman–Crippen MR) is 170 cm³/mol. The van der Waals surface area contributed by atoms with Gasteiger partial charge in [-0.15, -0.1) is 0 Å². The van der Waals surface area contributed by atoms with Crippen LogP contribution in [0.5, 0.6) is 0 Å². The van der Waals surface area contributed by atoms with E-state index in [-0.39, 0.29) is 12.8 Å². The van der Waals surface area contributed by atoms with Gasteiger partial charge in [0.05, 0.1) is 6.04 Å². The summed E-state index contributed by atoms with van der Waals surface area (Å²) < 4.78 is 0. The number of H-pyrrole nitrogens is 1. The van der Waals surface area contributed by atoms with E-state index in [0.29, 0.717) is 24.3 Å². The molecule has 0 aliphatic rings. The van der Waals surface area contributed by atoms with Crippen LogP contribution in [0.4, 0.5) is 0 Å². The average Bonchev–Trinajstić information content (AvgIpc) is 3.39. The number of nitrogens with one attached hydrogen (secondary N) is 4. The Morgan fingerprint density at radius 1 is 0.786 bits per heavy atom. The molecule has 226 valence electrons. The summed E-state index contributed by atoms with van der Waals surface area (Å²) in [4.78, 5) is 55.1. The highest BCUT2D eigenvalue weighted by molar-refractivity contribution is 7.98. The maximum Gasteiger partial charge on any atom is 0.326 e. The minimum atomic E-state index is -1.15. The molecule has 42 heavy (non-hydrogen) atoms. The Morgan fingerprint density at radius 3 is 2.02 bits per heavy atom. The smallest absolute Gasteiger partial charge is 0.326 e. The average molecular weight is 614 g/mol. The number of nitrogens with two attached hydrogens (primary N) is 1. The van der Waals surface area contributed by atoms with Gasteiger partial charge in [-0.05, 0) is 60.5 Å². The van der Waals surface area contributed by atoms with E-state index < -0.39 is 47.9 Å². The lowest BCUT2D eigenvalue weighted by Gasteiger charge is -2.25. The summed E-state index contributed by atoms with van der Waals surface area (Å²) in [6.07, 6.45) is 6.51. The minimum Gasteiger partial charge on any atom is -0.480 e. The van der Waals surface area contributed by atoms with Gasteiger partial charge >= 0.3 is 5.97 Å². The first-order valence-corrected chi connectivity index (χ1v) is 16.5. The summed E-state index contributed by atoms with van der Waals surface area (Å²) in [7, 11) is 0. The lowest BCUT2D eigenvalue weighted by molar-refractivity contribution is -0.142. The van der Waals surface area contributed by atoms with E-state index in [2.05, 4.69) is 20.9 Å². The van der Waals surface area contributed by atoms with E-state index in [9.17, 15) is 24.3 Å². The molecular formula is C30H39N5O5S2. The van der Waals surface area contributed by atoms with Crippen LogP contribution < -0.4 is 21.7 Å². The molecule has 0 fully saturated rings. The molecule has 0 saturated heterocycles. The number of aromatic nitrogens is 1. The molecule has 0 aliphatic heterocycles. The molecule has 0 aliphatic carbocycles. The molecule has 0 spiro atoms. The SMILES string of the molecule is CSCCC(NC(=O)C(Cc1c[nH]c2ccccc12)NC(=O)C(CCSC)NC(=O)C(N)Cc1ccccc1)C(=O)O. The van der Waals surface area contributed by atoms with Crippen molar-refractivity contribution in [2.24, 2.45) is 5.73 Å². The predicted octanol–water partition coefficient (Wildman–Crippen LogP) is 2.33. The molecule has 12 heteroatoms. The second-order valence-electron chi connectivity index (χ2n) is 9.94. The number of carboxylic acids is 1. The quantitative estimate of drug-likeness (QED) is 0.135. The van der Waals surface area contributed by atoms with Crippen LogP contribution in [-0.4, -0.2) is 82.0 Å². The van der Waals surface area contributed by atoms with Crippen LogP contribution in [0.25, 0.3) is 10.9 Å². The Bertz CT molecular complexity index is 1340. The van der Waals surface area contributed by atoms with Crippen LogP contribution in [0.3, 0.4) is 0 Å². The number of aliphatic carboxylic acids is 1. The van der Waals surface area contributed by atoms with E-state index >= 15 is 0 Å². The van der Waals surface area contributed by atoms with Gasteiger partial charge in [0.15, 0.2) is 0 Å². The third-order valence-electron chi connectivity index (χ3n) is 6.84. The standard InChI is InChI=1S/C30H39N5O5S2/c1-41-14-12-24(33-27(36)22(31)16-19-8-4-3-5-9-19)28(37)35-26(29(38)34-25(30(39)40)13-15-42-2)17-20-18-32-23-11-7-6-10-21(20)23/h3-11,18,22,24-26,32H,12-17,31H2,1-2H3,(H,33,36)(H,34,38)(H,35,37)(H,39,40). The van der Waals surface area contributed by atoms with Crippen LogP contribution in [0, 0.1) is 0 Å². The molecule has 0 bridgehead atoms. The number of thioether (sulfide) groups is 2. The number of rotatable bonds is 17. The topological polar surface area (TPSA) is 166 Å². The van der Waals surface area contributed by atoms with Crippen molar-refractivity contribution < 1.29 is 24.3 Å². The third kappa shape index (κ3) is 9.81. The Kier molecular flexibility index (Phi) is 13.2. The second kappa shape index (κ2) is 16.8. The van der Waals surface area contributed by atoms with Gasteiger partial charge < -0.3 is 31.8 Å². The van der Waals surface area contributed by atoms with Crippen molar-refractivity contribution in [1.82, 2.24) is 20.9 Å². The van der Waals surface area contributed by atoms with Gasteiger partial charge in [0.1, 0.15) is 18.1 Å². The molecule has 3 rings (SSSR count). The molecule has 4 atom stereocenters. The number of aromatic amines is 1. The number of carbonyl (C=O) groups excluding carboxylic acids is 3. The summed E-state index contributed by atoms with van der Waals surface area (Å²) in [5.74, 6) is -1.64. The van der Waals surface area contributed by atoms with Gasteiger partial charge in [0.2, 0.25) is 17.7 Å². The maximum absolute atomic E-state index is 13.6.